The number of carboxylic acids is 1. The summed E-state index contributed by atoms with van der Waals surface area (Å²) in [6.45, 7) is 24.6. The number of carbonyl (C=O) groups excluding carboxylic acids is 4. The largest absolute Gasteiger partial charge is 0.481 e. The van der Waals surface area contributed by atoms with Gasteiger partial charge in [0.1, 0.15) is 18.8 Å². The smallest absolute Gasteiger partial charge is 0.312 e. The molecule has 0 aromatic heterocycles. The van der Waals surface area contributed by atoms with Crippen molar-refractivity contribution in [1.29, 1.82) is 0 Å². The van der Waals surface area contributed by atoms with Gasteiger partial charge in [0, 0.05) is 19.3 Å². The first-order valence-electron chi connectivity index (χ1n) is 33.5. The summed E-state index contributed by atoms with van der Waals surface area (Å²) in [5.74, 6) is 5.15. The third-order valence-corrected chi connectivity index (χ3v) is 26.6. The van der Waals surface area contributed by atoms with Crippen molar-refractivity contribution in [3.8, 4) is 0 Å². The molecule has 8 aliphatic carbocycles. The molecule has 0 aromatic carbocycles. The SMILES string of the molecule is CCC(C)(CC(C)(CC(C)(C)C(=O)OCCO)C(=O)OC1CCC2(C)C(CCC3C2CCC2(C)C(C(C)CCC(=O)O)CCC32)C1)C(=O)OC1CCC2(C)C(CCC3C2CCC2(C)C(C(C)CCC(=O)OC4CCCCO4)CCC32)C1. The van der Waals surface area contributed by atoms with E-state index in [-0.39, 0.29) is 90.5 Å². The van der Waals surface area contributed by atoms with Crippen molar-refractivity contribution in [2.45, 2.75) is 274 Å². The average Bonchev–Trinajstić information content (AvgIpc) is 2.60. The zero-order valence-electron chi connectivity index (χ0n) is 52.6. The number of rotatable bonds is 21. The maximum absolute atomic E-state index is 15.2. The molecule has 0 radical (unpaired) electrons. The maximum Gasteiger partial charge on any atom is 0.312 e. The zero-order valence-corrected chi connectivity index (χ0v) is 52.6. The lowest BCUT2D eigenvalue weighted by molar-refractivity contribution is -0.187. The summed E-state index contributed by atoms with van der Waals surface area (Å²) in [4.78, 5) is 68.2. The Bertz CT molecular complexity index is 2240. The summed E-state index contributed by atoms with van der Waals surface area (Å²) in [5, 5.41) is 19.0. The number of carboxylic acid groups (broad SMARTS) is 1. The minimum absolute atomic E-state index is 0.115. The van der Waals surface area contributed by atoms with Crippen LogP contribution in [0.3, 0.4) is 0 Å². The van der Waals surface area contributed by atoms with Crippen molar-refractivity contribution in [3.63, 3.8) is 0 Å². The highest BCUT2D eigenvalue weighted by Gasteiger charge is 2.63. The van der Waals surface area contributed by atoms with E-state index >= 15 is 4.79 Å². The van der Waals surface area contributed by atoms with Crippen molar-refractivity contribution in [1.82, 2.24) is 0 Å². The Hall–Kier alpha value is -2.73. The summed E-state index contributed by atoms with van der Waals surface area (Å²) >= 11 is 0. The molecule has 21 unspecified atom stereocenters. The van der Waals surface area contributed by atoms with E-state index in [9.17, 15) is 29.4 Å². The molecule has 12 heteroatoms. The van der Waals surface area contributed by atoms with Crippen molar-refractivity contribution >= 4 is 29.8 Å². The van der Waals surface area contributed by atoms with Gasteiger partial charge in [-0.15, -0.1) is 0 Å². The molecule has 1 heterocycles. The van der Waals surface area contributed by atoms with E-state index in [1.54, 1.807) is 13.8 Å². The molecular weight excluding hydrogens is 1020 g/mol. The molecule has 21 atom stereocenters. The van der Waals surface area contributed by atoms with E-state index in [0.29, 0.717) is 90.5 Å². The third-order valence-electron chi connectivity index (χ3n) is 26.6. The second kappa shape index (κ2) is 24.6. The number of carbonyl (C=O) groups is 5. The van der Waals surface area contributed by atoms with Crippen LogP contribution in [0.5, 0.6) is 0 Å². The Labute approximate surface area is 488 Å². The summed E-state index contributed by atoms with van der Waals surface area (Å²) in [5.41, 5.74) is -2.41. The number of aliphatic carboxylic acids is 1. The predicted octanol–water partition coefficient (Wildman–Crippen LogP) is 14.9. The van der Waals surface area contributed by atoms with Crippen LogP contribution in [0.4, 0.5) is 0 Å². The third kappa shape index (κ3) is 12.4. The number of ether oxygens (including phenoxy) is 5. The van der Waals surface area contributed by atoms with Gasteiger partial charge in [-0.05, 0) is 281 Å². The highest BCUT2D eigenvalue weighted by molar-refractivity contribution is 5.83. The monoisotopic (exact) mass is 1130 g/mol. The van der Waals surface area contributed by atoms with Crippen LogP contribution in [0.2, 0.25) is 0 Å². The fourth-order valence-corrected chi connectivity index (χ4v) is 22.1. The van der Waals surface area contributed by atoms with Gasteiger partial charge in [-0.2, -0.15) is 0 Å². The fraction of sp³-hybridized carbons (Fsp3) is 0.928. The lowest BCUT2D eigenvalue weighted by atomic mass is 9.44. The lowest BCUT2D eigenvalue weighted by Crippen LogP contribution is -2.55. The van der Waals surface area contributed by atoms with Gasteiger partial charge in [-0.3, -0.25) is 24.0 Å². The second-order valence-electron chi connectivity index (χ2n) is 31.7. The van der Waals surface area contributed by atoms with Crippen LogP contribution in [-0.4, -0.2) is 78.4 Å². The van der Waals surface area contributed by atoms with Crippen molar-refractivity contribution in [2.24, 2.45) is 109 Å². The van der Waals surface area contributed by atoms with Crippen molar-refractivity contribution in [2.75, 3.05) is 19.8 Å². The van der Waals surface area contributed by atoms with Crippen LogP contribution in [0.15, 0.2) is 0 Å². The fourth-order valence-electron chi connectivity index (χ4n) is 22.1. The summed E-state index contributed by atoms with van der Waals surface area (Å²) in [7, 11) is 0. The number of aliphatic hydroxyl groups is 1. The highest BCUT2D eigenvalue weighted by Crippen LogP contribution is 2.71. The van der Waals surface area contributed by atoms with Gasteiger partial charge in [0.2, 0.25) is 6.29 Å². The first-order chi connectivity index (χ1) is 38.2. The molecule has 460 valence electrons. The standard InChI is InChI=1S/C69H112O12/c1-12-64(6,61(75)79-47-28-32-66(8)45(39-47)18-20-50-54-25-23-52(69(54,11)35-31-56(50)66)44(3)17-27-58(73)81-59-15-13-14-37-77-59)42-65(7,41-63(4,5)60(74)78-38-36-70)62(76)80-48-29-33-67(9)46(40-48)19-21-49-53-24-22-51(43(2)16-26-57(71)72)68(53,10)34-30-55(49)67/h43-56,59,70H,12-42H2,1-11H3,(H,71,72). The number of fused-ring (bicyclic) bond motifs is 10. The minimum atomic E-state index is -1.22. The molecule has 9 aliphatic rings. The Balaban J connectivity index is 0.820. The van der Waals surface area contributed by atoms with Gasteiger partial charge < -0.3 is 33.9 Å². The molecule has 9 rings (SSSR count). The van der Waals surface area contributed by atoms with E-state index in [2.05, 4.69) is 41.5 Å². The molecule has 12 nitrogen and oxygen atoms in total. The maximum atomic E-state index is 15.2. The molecule has 0 amide bonds. The number of aliphatic hydroxyl groups excluding tert-OH is 1. The van der Waals surface area contributed by atoms with E-state index in [1.165, 1.54) is 64.2 Å². The number of esters is 4. The van der Waals surface area contributed by atoms with E-state index in [4.69, 9.17) is 23.7 Å². The number of hydrogen-bond donors (Lipinski definition) is 2. The molecule has 81 heavy (non-hydrogen) atoms. The van der Waals surface area contributed by atoms with Crippen LogP contribution < -0.4 is 0 Å². The second-order valence-corrected chi connectivity index (χ2v) is 31.7. The van der Waals surface area contributed by atoms with Crippen LogP contribution in [0, 0.1) is 109 Å². The molecule has 0 bridgehead atoms. The van der Waals surface area contributed by atoms with E-state index in [0.717, 1.165) is 83.5 Å². The van der Waals surface area contributed by atoms with Crippen molar-refractivity contribution < 1.29 is 57.9 Å². The topological polar surface area (TPSA) is 172 Å². The van der Waals surface area contributed by atoms with Gasteiger partial charge >= 0.3 is 29.8 Å². The zero-order chi connectivity index (χ0) is 58.5. The summed E-state index contributed by atoms with van der Waals surface area (Å²) in [6, 6.07) is 0. The highest BCUT2D eigenvalue weighted by atomic mass is 16.7. The Morgan fingerprint density at radius 1 is 0.568 bits per heavy atom. The summed E-state index contributed by atoms with van der Waals surface area (Å²) < 4.78 is 30.4. The lowest BCUT2D eigenvalue weighted by Gasteiger charge is -2.61. The van der Waals surface area contributed by atoms with E-state index in [1.807, 2.05) is 20.8 Å². The van der Waals surface area contributed by atoms with Crippen LogP contribution in [-0.2, 0) is 47.7 Å². The Morgan fingerprint density at radius 3 is 1.54 bits per heavy atom. The average molecular weight is 1130 g/mol. The van der Waals surface area contributed by atoms with Gasteiger partial charge in [0.15, 0.2) is 0 Å². The number of hydrogen-bond acceptors (Lipinski definition) is 11. The molecule has 2 N–H and O–H groups in total. The molecule has 0 spiro atoms. The first-order valence-corrected chi connectivity index (χ1v) is 33.5. The normalized spacial score (nSPS) is 41.4. The molecular formula is C69H112O12. The molecule has 1 saturated heterocycles. The van der Waals surface area contributed by atoms with Gasteiger partial charge in [0.25, 0.3) is 0 Å². The Morgan fingerprint density at radius 2 is 1.06 bits per heavy atom. The molecule has 1 aliphatic heterocycles. The van der Waals surface area contributed by atoms with Gasteiger partial charge in [0.05, 0.1) is 29.5 Å². The quantitative estimate of drug-likeness (QED) is 0.0824. The van der Waals surface area contributed by atoms with Gasteiger partial charge in [-0.25, -0.2) is 0 Å². The molecule has 9 fully saturated rings. The van der Waals surface area contributed by atoms with Gasteiger partial charge in [-0.1, -0.05) is 48.5 Å². The van der Waals surface area contributed by atoms with Crippen LogP contribution >= 0.6 is 0 Å². The van der Waals surface area contributed by atoms with E-state index < -0.39 is 28.2 Å². The predicted molar refractivity (Wildman–Crippen MR) is 312 cm³/mol. The van der Waals surface area contributed by atoms with Crippen LogP contribution in [0.1, 0.15) is 256 Å². The minimum Gasteiger partial charge on any atom is -0.481 e. The Kier molecular flexibility index (Phi) is 19.0. The summed E-state index contributed by atoms with van der Waals surface area (Å²) in [6.07, 6.45) is 25.2. The van der Waals surface area contributed by atoms with Crippen LogP contribution in [0.25, 0.3) is 0 Å². The van der Waals surface area contributed by atoms with Crippen molar-refractivity contribution in [3.05, 3.63) is 0 Å². The molecule has 0 aromatic rings. The molecule has 8 saturated carbocycles. The first kappa shape index (κ1) is 62.8.